The Labute approximate surface area is 100 Å². The summed E-state index contributed by atoms with van der Waals surface area (Å²) >= 11 is 0. The Kier molecular flexibility index (Phi) is 3.01. The smallest absolute Gasteiger partial charge is 0.212 e. The third kappa shape index (κ3) is 1.92. The maximum absolute atomic E-state index is 13.5. The first-order valence-electron chi connectivity index (χ1n) is 4.90. The van der Waals surface area contributed by atoms with Crippen LogP contribution in [0.5, 0.6) is 17.2 Å². The number of rotatable bonds is 2. The summed E-state index contributed by atoms with van der Waals surface area (Å²) in [6, 6.07) is 7.65. The number of nitrogen functional groups attached to an aromatic ring is 1. The van der Waals surface area contributed by atoms with Crippen molar-refractivity contribution in [3.05, 3.63) is 47.8 Å². The Morgan fingerprint density at radius 3 is 2.17 bits per heavy atom. The summed E-state index contributed by atoms with van der Waals surface area (Å²) in [4.78, 5) is 0. The van der Waals surface area contributed by atoms with Gasteiger partial charge in [0, 0.05) is 0 Å². The minimum absolute atomic E-state index is 0.0962. The summed E-state index contributed by atoms with van der Waals surface area (Å²) in [6.45, 7) is 0. The molecule has 2 aromatic carbocycles. The van der Waals surface area contributed by atoms with Crippen LogP contribution in [0, 0.1) is 17.5 Å². The molecule has 18 heavy (non-hydrogen) atoms. The maximum atomic E-state index is 13.5. The van der Waals surface area contributed by atoms with Crippen molar-refractivity contribution >= 4 is 5.69 Å². The topological polar surface area (TPSA) is 55.5 Å². The molecule has 94 valence electrons. The van der Waals surface area contributed by atoms with Crippen LogP contribution in [0.15, 0.2) is 30.3 Å². The average molecular weight is 255 g/mol. The van der Waals surface area contributed by atoms with Gasteiger partial charge >= 0.3 is 0 Å². The number of ether oxygens (including phenoxy) is 1. The zero-order valence-electron chi connectivity index (χ0n) is 8.95. The molecule has 2 aromatic rings. The van der Waals surface area contributed by atoms with Crippen molar-refractivity contribution in [3.63, 3.8) is 0 Å². The van der Waals surface area contributed by atoms with Crippen LogP contribution < -0.4 is 10.5 Å². The van der Waals surface area contributed by atoms with Crippen molar-refractivity contribution in [2.24, 2.45) is 0 Å². The number of halogens is 3. The van der Waals surface area contributed by atoms with E-state index >= 15 is 0 Å². The molecule has 0 saturated carbocycles. The lowest BCUT2D eigenvalue weighted by atomic mass is 10.2. The van der Waals surface area contributed by atoms with Crippen molar-refractivity contribution in [1.29, 1.82) is 0 Å². The first-order valence-corrected chi connectivity index (χ1v) is 4.90. The zero-order chi connectivity index (χ0) is 13.3. The molecule has 0 aromatic heterocycles. The zero-order valence-corrected chi connectivity index (χ0v) is 8.95. The molecule has 3 nitrogen and oxygen atoms in total. The number of phenolic OH excluding ortho intramolecular Hbond substituents is 1. The SMILES string of the molecule is Nc1c(O)c(F)c(Oc2ccccc2)c(F)c1F. The highest BCUT2D eigenvalue weighted by Gasteiger charge is 2.25. The van der Waals surface area contributed by atoms with Crippen LogP contribution in [0.4, 0.5) is 18.9 Å². The molecule has 0 unspecified atom stereocenters. The van der Waals surface area contributed by atoms with Crippen LogP contribution in [0.3, 0.4) is 0 Å². The highest BCUT2D eigenvalue weighted by molar-refractivity contribution is 5.58. The Morgan fingerprint density at radius 1 is 0.944 bits per heavy atom. The van der Waals surface area contributed by atoms with Gasteiger partial charge in [0.15, 0.2) is 11.6 Å². The van der Waals surface area contributed by atoms with Crippen LogP contribution in [0.1, 0.15) is 0 Å². The van der Waals surface area contributed by atoms with E-state index in [1.807, 2.05) is 0 Å². The second-order valence-corrected chi connectivity index (χ2v) is 3.45. The van der Waals surface area contributed by atoms with Crippen molar-refractivity contribution < 1.29 is 23.0 Å². The molecule has 0 spiro atoms. The molecule has 0 saturated heterocycles. The largest absolute Gasteiger partial charge is 0.503 e. The number of para-hydroxylation sites is 1. The predicted molar refractivity (Wildman–Crippen MR) is 58.9 cm³/mol. The third-order valence-electron chi connectivity index (χ3n) is 2.25. The molecular formula is C12H8F3NO2. The van der Waals surface area contributed by atoms with Gasteiger partial charge in [-0.25, -0.2) is 4.39 Å². The summed E-state index contributed by atoms with van der Waals surface area (Å²) in [5.41, 5.74) is 3.99. The number of anilines is 1. The molecule has 0 amide bonds. The van der Waals surface area contributed by atoms with E-state index in [4.69, 9.17) is 10.5 Å². The molecule has 0 aliphatic heterocycles. The fourth-order valence-corrected chi connectivity index (χ4v) is 1.34. The van der Waals surface area contributed by atoms with E-state index in [0.717, 1.165) is 0 Å². The molecule has 0 radical (unpaired) electrons. The third-order valence-corrected chi connectivity index (χ3v) is 2.25. The van der Waals surface area contributed by atoms with E-state index in [0.29, 0.717) is 0 Å². The molecule has 0 heterocycles. The molecule has 6 heteroatoms. The summed E-state index contributed by atoms with van der Waals surface area (Å²) < 4.78 is 45.1. The Bertz CT molecular complexity index is 559. The van der Waals surface area contributed by atoms with Gasteiger partial charge in [-0.05, 0) is 12.1 Å². The van der Waals surface area contributed by atoms with E-state index in [-0.39, 0.29) is 5.75 Å². The first kappa shape index (κ1) is 12.1. The van der Waals surface area contributed by atoms with E-state index in [1.54, 1.807) is 18.2 Å². The van der Waals surface area contributed by atoms with E-state index in [2.05, 4.69) is 0 Å². The molecule has 0 fully saturated rings. The van der Waals surface area contributed by atoms with Gasteiger partial charge < -0.3 is 15.6 Å². The van der Waals surface area contributed by atoms with Gasteiger partial charge in [0.2, 0.25) is 17.4 Å². The van der Waals surface area contributed by atoms with Gasteiger partial charge in [-0.2, -0.15) is 8.78 Å². The molecule has 0 bridgehead atoms. The quantitative estimate of drug-likeness (QED) is 0.492. The van der Waals surface area contributed by atoms with Crippen LogP contribution in [-0.2, 0) is 0 Å². The van der Waals surface area contributed by atoms with Gasteiger partial charge in [-0.15, -0.1) is 0 Å². The highest BCUT2D eigenvalue weighted by Crippen LogP contribution is 2.38. The van der Waals surface area contributed by atoms with Gasteiger partial charge in [-0.1, -0.05) is 18.2 Å². The summed E-state index contributed by atoms with van der Waals surface area (Å²) in [6.07, 6.45) is 0. The Balaban J connectivity index is 2.52. The number of phenols is 1. The van der Waals surface area contributed by atoms with Crippen molar-refractivity contribution in [1.82, 2.24) is 0 Å². The number of hydrogen-bond donors (Lipinski definition) is 2. The summed E-state index contributed by atoms with van der Waals surface area (Å²) in [7, 11) is 0. The number of nitrogens with two attached hydrogens (primary N) is 1. The number of aromatic hydroxyl groups is 1. The standard InChI is InChI=1S/C12H8F3NO2/c13-7-8(14)12(9(15)11(17)10(7)16)18-6-4-2-1-3-5-6/h1-5,17H,16H2. The van der Waals surface area contributed by atoms with Crippen LogP contribution in [0.2, 0.25) is 0 Å². The lowest BCUT2D eigenvalue weighted by molar-refractivity contribution is 0.360. The van der Waals surface area contributed by atoms with E-state index in [9.17, 15) is 18.3 Å². The molecule has 0 aliphatic rings. The second-order valence-electron chi connectivity index (χ2n) is 3.45. The summed E-state index contributed by atoms with van der Waals surface area (Å²) in [5, 5.41) is 9.18. The monoisotopic (exact) mass is 255 g/mol. The summed E-state index contributed by atoms with van der Waals surface area (Å²) in [5.74, 6) is -6.72. The predicted octanol–water partition coefficient (Wildman–Crippen LogP) is 3.18. The molecular weight excluding hydrogens is 247 g/mol. The van der Waals surface area contributed by atoms with Crippen molar-refractivity contribution in [2.75, 3.05) is 5.73 Å². The molecule has 3 N–H and O–H groups in total. The van der Waals surface area contributed by atoms with Gasteiger partial charge in [0.1, 0.15) is 11.4 Å². The Hall–Kier alpha value is -2.37. The van der Waals surface area contributed by atoms with Crippen LogP contribution >= 0.6 is 0 Å². The fourth-order valence-electron chi connectivity index (χ4n) is 1.34. The Morgan fingerprint density at radius 2 is 1.56 bits per heavy atom. The normalized spacial score (nSPS) is 10.4. The molecule has 0 aliphatic carbocycles. The van der Waals surface area contributed by atoms with Crippen LogP contribution in [-0.4, -0.2) is 5.11 Å². The first-order chi connectivity index (χ1) is 8.52. The maximum Gasteiger partial charge on any atom is 0.212 e. The molecule has 0 atom stereocenters. The van der Waals surface area contributed by atoms with Crippen LogP contribution in [0.25, 0.3) is 0 Å². The molecule has 2 rings (SSSR count). The van der Waals surface area contributed by atoms with Gasteiger partial charge in [-0.3, -0.25) is 0 Å². The number of benzene rings is 2. The van der Waals surface area contributed by atoms with Gasteiger partial charge in [0.05, 0.1) is 0 Å². The van der Waals surface area contributed by atoms with Crippen molar-refractivity contribution in [2.45, 2.75) is 0 Å². The van der Waals surface area contributed by atoms with Crippen molar-refractivity contribution in [3.8, 4) is 17.2 Å². The average Bonchev–Trinajstić information content (AvgIpc) is 2.40. The number of hydrogen-bond acceptors (Lipinski definition) is 3. The fraction of sp³-hybridized carbons (Fsp3) is 0. The van der Waals surface area contributed by atoms with Gasteiger partial charge in [0.25, 0.3) is 0 Å². The minimum Gasteiger partial charge on any atom is -0.503 e. The lowest BCUT2D eigenvalue weighted by Crippen LogP contribution is -2.02. The second kappa shape index (κ2) is 4.48. The minimum atomic E-state index is -1.59. The highest BCUT2D eigenvalue weighted by atomic mass is 19.2. The van der Waals surface area contributed by atoms with E-state index < -0.39 is 34.6 Å². The lowest BCUT2D eigenvalue weighted by Gasteiger charge is -2.11. The van der Waals surface area contributed by atoms with E-state index in [1.165, 1.54) is 12.1 Å².